The molecular formula is C23H21FN4O4. The number of fused-ring (bicyclic) bond motifs is 2. The van der Waals surface area contributed by atoms with Crippen molar-refractivity contribution in [2.75, 3.05) is 26.2 Å². The van der Waals surface area contributed by atoms with Crippen molar-refractivity contribution in [2.45, 2.75) is 6.42 Å². The maximum Gasteiger partial charge on any atom is 0.407 e. The van der Waals surface area contributed by atoms with Crippen LogP contribution in [0.4, 0.5) is 9.18 Å². The molecule has 32 heavy (non-hydrogen) atoms. The van der Waals surface area contributed by atoms with E-state index < -0.39 is 11.9 Å². The average Bonchev–Trinajstić information content (AvgIpc) is 3.36. The minimum atomic E-state index is -0.945. The monoisotopic (exact) mass is 436 g/mol. The fraction of sp³-hybridized carbons (Fsp3) is 0.304. The number of rotatable bonds is 3. The van der Waals surface area contributed by atoms with Crippen LogP contribution in [0.5, 0.6) is 0 Å². The molecule has 2 atom stereocenters. The lowest BCUT2D eigenvalue weighted by molar-refractivity contribution is 0.0769. The number of amides is 2. The number of nitrogens with zero attached hydrogens (tertiary/aromatic N) is 3. The van der Waals surface area contributed by atoms with E-state index in [1.54, 1.807) is 23.1 Å². The number of benzene rings is 2. The third-order valence-electron chi connectivity index (χ3n) is 6.45. The molecule has 0 aliphatic carbocycles. The number of likely N-dealkylation sites (tertiary alicyclic amines) is 2. The number of hydrogen-bond donors (Lipinski definition) is 2. The van der Waals surface area contributed by atoms with Crippen molar-refractivity contribution in [2.24, 2.45) is 11.8 Å². The van der Waals surface area contributed by atoms with Crippen LogP contribution in [0.1, 0.15) is 21.6 Å². The van der Waals surface area contributed by atoms with Crippen molar-refractivity contribution in [3.05, 3.63) is 75.5 Å². The van der Waals surface area contributed by atoms with Gasteiger partial charge in [0.1, 0.15) is 5.82 Å². The molecule has 2 amide bonds. The van der Waals surface area contributed by atoms with E-state index in [0.29, 0.717) is 54.6 Å². The molecule has 3 aromatic rings. The summed E-state index contributed by atoms with van der Waals surface area (Å²) in [7, 11) is 0. The molecule has 1 aromatic heterocycles. The molecule has 0 spiro atoms. The number of nitrogens with one attached hydrogen (secondary N) is 1. The molecule has 2 saturated heterocycles. The van der Waals surface area contributed by atoms with Crippen LogP contribution in [0.15, 0.2) is 47.3 Å². The first-order valence-electron chi connectivity index (χ1n) is 10.4. The third-order valence-corrected chi connectivity index (χ3v) is 6.45. The van der Waals surface area contributed by atoms with Crippen LogP contribution in [-0.4, -0.2) is 63.3 Å². The van der Waals surface area contributed by atoms with Crippen molar-refractivity contribution in [1.29, 1.82) is 0 Å². The molecule has 164 valence electrons. The highest BCUT2D eigenvalue weighted by Crippen LogP contribution is 2.32. The number of H-pyrrole nitrogens is 1. The first-order chi connectivity index (χ1) is 15.4. The van der Waals surface area contributed by atoms with Gasteiger partial charge in [0.25, 0.3) is 11.5 Å². The molecule has 0 radical (unpaired) electrons. The summed E-state index contributed by atoms with van der Waals surface area (Å²) in [6.07, 6.45) is -0.615. The number of hydrogen-bond acceptors (Lipinski definition) is 4. The van der Waals surface area contributed by atoms with Gasteiger partial charge in [0.05, 0.1) is 16.6 Å². The van der Waals surface area contributed by atoms with Gasteiger partial charge >= 0.3 is 6.09 Å². The third kappa shape index (κ3) is 3.49. The molecule has 2 aromatic carbocycles. The highest BCUT2D eigenvalue weighted by molar-refractivity contribution is 5.95. The van der Waals surface area contributed by atoms with Crippen LogP contribution in [0, 0.1) is 17.7 Å². The summed E-state index contributed by atoms with van der Waals surface area (Å²) in [5.41, 5.74) is 1.05. The molecule has 2 fully saturated rings. The van der Waals surface area contributed by atoms with Gasteiger partial charge in [-0.05, 0) is 23.8 Å². The number of carboxylic acid groups (broad SMARTS) is 1. The molecule has 3 heterocycles. The van der Waals surface area contributed by atoms with Gasteiger partial charge in [-0.25, -0.2) is 14.3 Å². The Morgan fingerprint density at radius 1 is 1.03 bits per heavy atom. The summed E-state index contributed by atoms with van der Waals surface area (Å²) < 4.78 is 14.6. The Morgan fingerprint density at radius 2 is 1.69 bits per heavy atom. The van der Waals surface area contributed by atoms with Crippen molar-refractivity contribution in [3.8, 4) is 0 Å². The van der Waals surface area contributed by atoms with E-state index in [9.17, 15) is 18.8 Å². The zero-order valence-corrected chi connectivity index (χ0v) is 17.1. The van der Waals surface area contributed by atoms with Gasteiger partial charge in [-0.3, -0.25) is 9.59 Å². The molecule has 8 nitrogen and oxygen atoms in total. The summed E-state index contributed by atoms with van der Waals surface area (Å²) in [5, 5.41) is 17.0. The molecule has 2 unspecified atom stereocenters. The quantitative estimate of drug-likeness (QED) is 0.656. The zero-order valence-electron chi connectivity index (χ0n) is 17.1. The normalized spacial score (nSPS) is 20.0. The molecule has 0 bridgehead atoms. The SMILES string of the molecule is O=C(O)N1CC2CN(C(=O)c3cc(Cc4n[nH]c(=O)c5ccccc45)ccc3F)CC2C1. The number of halogens is 1. The van der Waals surface area contributed by atoms with E-state index in [4.69, 9.17) is 5.11 Å². The van der Waals surface area contributed by atoms with Crippen LogP contribution >= 0.6 is 0 Å². The second-order valence-electron chi connectivity index (χ2n) is 8.45. The number of aromatic amines is 1. The Bertz CT molecular complexity index is 1280. The highest BCUT2D eigenvalue weighted by Gasteiger charge is 2.43. The number of carbonyl (C=O) groups is 2. The fourth-order valence-corrected chi connectivity index (χ4v) is 4.83. The molecule has 5 rings (SSSR count). The van der Waals surface area contributed by atoms with Gasteiger partial charge in [-0.2, -0.15) is 5.10 Å². The Kier molecular flexibility index (Phi) is 4.88. The fourth-order valence-electron chi connectivity index (χ4n) is 4.83. The smallest absolute Gasteiger partial charge is 0.407 e. The van der Waals surface area contributed by atoms with Gasteiger partial charge in [-0.15, -0.1) is 0 Å². The van der Waals surface area contributed by atoms with E-state index >= 15 is 0 Å². The van der Waals surface area contributed by atoms with Gasteiger partial charge < -0.3 is 14.9 Å². The summed E-state index contributed by atoms with van der Waals surface area (Å²) in [6.45, 7) is 1.64. The van der Waals surface area contributed by atoms with Gasteiger partial charge in [-0.1, -0.05) is 24.3 Å². The highest BCUT2D eigenvalue weighted by atomic mass is 19.1. The summed E-state index contributed by atoms with van der Waals surface area (Å²) in [4.78, 5) is 39.2. The Morgan fingerprint density at radius 3 is 2.38 bits per heavy atom. The predicted molar refractivity (Wildman–Crippen MR) is 114 cm³/mol. The Balaban J connectivity index is 1.37. The molecule has 0 saturated carbocycles. The Labute approximate surface area is 182 Å². The van der Waals surface area contributed by atoms with Crippen molar-refractivity contribution >= 4 is 22.8 Å². The topological polar surface area (TPSA) is 107 Å². The van der Waals surface area contributed by atoms with Gasteiger partial charge in [0.15, 0.2) is 0 Å². The molecule has 2 N–H and O–H groups in total. The molecular weight excluding hydrogens is 415 g/mol. The predicted octanol–water partition coefficient (Wildman–Crippen LogP) is 2.33. The van der Waals surface area contributed by atoms with E-state index in [1.165, 1.54) is 17.0 Å². The van der Waals surface area contributed by atoms with E-state index in [2.05, 4.69) is 10.2 Å². The first kappa shape index (κ1) is 20.2. The van der Waals surface area contributed by atoms with Crippen molar-refractivity contribution in [1.82, 2.24) is 20.0 Å². The largest absolute Gasteiger partial charge is 0.465 e. The number of aromatic nitrogens is 2. The van der Waals surface area contributed by atoms with Crippen molar-refractivity contribution in [3.63, 3.8) is 0 Å². The van der Waals surface area contributed by atoms with E-state index in [0.717, 1.165) is 0 Å². The van der Waals surface area contributed by atoms with Crippen LogP contribution in [0.3, 0.4) is 0 Å². The van der Waals surface area contributed by atoms with E-state index in [1.807, 2.05) is 12.1 Å². The lowest BCUT2D eigenvalue weighted by atomic mass is 10.0. The first-order valence-corrected chi connectivity index (χ1v) is 10.4. The van der Waals surface area contributed by atoms with Crippen LogP contribution in [0.2, 0.25) is 0 Å². The maximum absolute atomic E-state index is 14.6. The second kappa shape index (κ2) is 7.74. The average molecular weight is 436 g/mol. The summed E-state index contributed by atoms with van der Waals surface area (Å²) in [6, 6.07) is 11.5. The summed E-state index contributed by atoms with van der Waals surface area (Å²) in [5.74, 6) is -0.821. The van der Waals surface area contributed by atoms with E-state index in [-0.39, 0.29) is 28.9 Å². The molecule has 9 heteroatoms. The van der Waals surface area contributed by atoms with Crippen LogP contribution < -0.4 is 5.56 Å². The zero-order chi connectivity index (χ0) is 22.4. The standard InChI is InChI=1S/C23H21FN4O4/c24-19-6-5-13(8-20-16-3-1-2-4-17(16)21(29)26-25-20)7-18(19)22(30)27-9-14-11-28(23(31)32)12-15(14)10-27/h1-7,14-15H,8-12H2,(H,26,29)(H,31,32). The maximum atomic E-state index is 14.6. The van der Waals surface area contributed by atoms with Crippen molar-refractivity contribution < 1.29 is 19.1 Å². The lowest BCUT2D eigenvalue weighted by Crippen LogP contribution is -2.35. The second-order valence-corrected chi connectivity index (χ2v) is 8.45. The molecule has 2 aliphatic heterocycles. The van der Waals surface area contributed by atoms with Gasteiger partial charge in [0.2, 0.25) is 0 Å². The summed E-state index contributed by atoms with van der Waals surface area (Å²) >= 11 is 0. The number of carbonyl (C=O) groups excluding carboxylic acids is 1. The minimum absolute atomic E-state index is 0.00806. The Hall–Kier alpha value is -3.75. The molecule has 2 aliphatic rings. The minimum Gasteiger partial charge on any atom is -0.465 e. The van der Waals surface area contributed by atoms with Crippen LogP contribution in [0.25, 0.3) is 10.8 Å². The van der Waals surface area contributed by atoms with Gasteiger partial charge in [0, 0.05) is 49.8 Å². The van der Waals surface area contributed by atoms with Crippen LogP contribution in [-0.2, 0) is 6.42 Å². The lowest BCUT2D eigenvalue weighted by Gasteiger charge is -2.20.